The van der Waals surface area contributed by atoms with E-state index in [1.54, 1.807) is 43.3 Å². The zero-order valence-corrected chi connectivity index (χ0v) is 17.0. The number of ketones is 1. The highest BCUT2D eigenvalue weighted by Gasteiger charge is 2.48. The van der Waals surface area contributed by atoms with E-state index in [4.69, 9.17) is 27.9 Å². The summed E-state index contributed by atoms with van der Waals surface area (Å²) in [5.74, 6) is -0.484. The third-order valence-electron chi connectivity index (χ3n) is 4.22. The average molecular weight is 426 g/mol. The summed E-state index contributed by atoms with van der Waals surface area (Å²) < 4.78 is 34.4. The topological polar surface area (TPSA) is 72.5 Å². The Balaban J connectivity index is 2.21. The van der Waals surface area contributed by atoms with Crippen molar-refractivity contribution >= 4 is 39.0 Å². The number of carbonyl (C=O) groups is 1. The lowest BCUT2D eigenvalue weighted by Gasteiger charge is -2.38. The van der Waals surface area contributed by atoms with E-state index in [1.807, 2.05) is 6.92 Å². The Kier molecular flexibility index (Phi) is 5.47. The quantitative estimate of drug-likeness (QED) is 0.733. The Hall–Kier alpha value is -1.70. The van der Waals surface area contributed by atoms with Crippen LogP contribution in [0.25, 0.3) is 0 Å². The summed E-state index contributed by atoms with van der Waals surface area (Å²) in [5, 5.41) is -0.499. The molecular formula is C19H17Cl2NO4S. The van der Waals surface area contributed by atoms with Gasteiger partial charge in [0.15, 0.2) is 5.72 Å². The van der Waals surface area contributed by atoms with E-state index < -0.39 is 21.5 Å². The molecule has 1 aliphatic carbocycles. The van der Waals surface area contributed by atoms with E-state index in [2.05, 4.69) is 4.72 Å². The molecule has 0 spiro atoms. The molecule has 3 rings (SSSR count). The molecule has 5 nitrogen and oxygen atoms in total. The summed E-state index contributed by atoms with van der Waals surface area (Å²) in [4.78, 5) is 12.5. The number of fused-ring (bicyclic) bond motifs is 1. The second kappa shape index (κ2) is 7.37. The first-order valence-corrected chi connectivity index (χ1v) is 10.4. The van der Waals surface area contributed by atoms with Gasteiger partial charge in [-0.1, -0.05) is 65.2 Å². The first kappa shape index (κ1) is 20.0. The fraction of sp³-hybridized carbons (Fsp3) is 0.211. The Morgan fingerprint density at radius 1 is 1.07 bits per heavy atom. The third kappa shape index (κ3) is 3.44. The third-order valence-corrected chi connectivity index (χ3v) is 6.58. The van der Waals surface area contributed by atoms with Gasteiger partial charge in [0.2, 0.25) is 15.8 Å². The van der Waals surface area contributed by atoms with E-state index in [0.717, 1.165) is 5.56 Å². The van der Waals surface area contributed by atoms with Crippen LogP contribution in [0.3, 0.4) is 0 Å². The van der Waals surface area contributed by atoms with Crippen molar-refractivity contribution in [1.29, 1.82) is 0 Å². The molecule has 1 aliphatic rings. The number of ether oxygens (including phenoxy) is 1. The van der Waals surface area contributed by atoms with Crippen molar-refractivity contribution < 1.29 is 17.9 Å². The van der Waals surface area contributed by atoms with Crippen LogP contribution in [0, 0.1) is 6.92 Å². The molecular weight excluding hydrogens is 409 g/mol. The predicted octanol–water partition coefficient (Wildman–Crippen LogP) is 4.05. The molecule has 0 heterocycles. The molecule has 0 fully saturated rings. The molecule has 0 saturated carbocycles. The maximum atomic E-state index is 13.0. The predicted molar refractivity (Wildman–Crippen MR) is 104 cm³/mol. The molecule has 1 N–H and O–H groups in total. The number of benzene rings is 2. The number of sulfonamides is 1. The highest BCUT2D eigenvalue weighted by Crippen LogP contribution is 2.44. The normalized spacial score (nSPS) is 19.9. The van der Waals surface area contributed by atoms with Crippen molar-refractivity contribution in [3.63, 3.8) is 0 Å². The second-order valence-electron chi connectivity index (χ2n) is 6.04. The zero-order valence-electron chi connectivity index (χ0n) is 14.6. The number of allylic oxidation sites excluding steroid dienone is 1. The van der Waals surface area contributed by atoms with Gasteiger partial charge in [-0.25, -0.2) is 8.42 Å². The number of hydrogen-bond acceptors (Lipinski definition) is 4. The van der Waals surface area contributed by atoms with Crippen LogP contribution in [0.15, 0.2) is 63.5 Å². The number of aryl methyl sites for hydroxylation is 1. The summed E-state index contributed by atoms with van der Waals surface area (Å²) in [6.07, 6.45) is 0. The lowest BCUT2D eigenvalue weighted by atomic mass is 9.89. The molecule has 0 saturated heterocycles. The van der Waals surface area contributed by atoms with Crippen molar-refractivity contribution in [2.45, 2.75) is 24.5 Å². The van der Waals surface area contributed by atoms with Crippen molar-refractivity contribution in [3.8, 4) is 0 Å². The largest absolute Gasteiger partial charge is 0.350 e. The fourth-order valence-corrected chi connectivity index (χ4v) is 4.77. The monoisotopic (exact) mass is 425 g/mol. The average Bonchev–Trinajstić information content (AvgIpc) is 2.65. The summed E-state index contributed by atoms with van der Waals surface area (Å²) in [6.45, 7) is 3.67. The van der Waals surface area contributed by atoms with Gasteiger partial charge in [0.05, 0.1) is 9.93 Å². The van der Waals surface area contributed by atoms with Crippen LogP contribution in [0.1, 0.15) is 28.4 Å². The van der Waals surface area contributed by atoms with Crippen LogP contribution in [0.2, 0.25) is 0 Å². The van der Waals surface area contributed by atoms with E-state index in [-0.39, 0.29) is 27.1 Å². The van der Waals surface area contributed by atoms with E-state index in [0.29, 0.717) is 5.56 Å². The molecule has 0 aliphatic heterocycles. The van der Waals surface area contributed by atoms with E-state index >= 15 is 0 Å². The summed E-state index contributed by atoms with van der Waals surface area (Å²) in [5.41, 5.74) is -0.348. The van der Waals surface area contributed by atoms with Gasteiger partial charge in [-0.15, -0.1) is 0 Å². The second-order valence-corrected chi connectivity index (χ2v) is 8.47. The molecule has 8 heteroatoms. The molecule has 0 radical (unpaired) electrons. The standard InChI is InChI=1S/C19H17Cl2NO4S/c1-3-26-19(22-27(24,25)13-10-8-12(2)9-11-13)15-7-5-4-6-14(15)17(23)16(20)18(19)21/h4-11,22H,3H2,1-2H3/t19-/m0/s1. The van der Waals surface area contributed by atoms with Gasteiger partial charge in [-0.3, -0.25) is 4.79 Å². The Bertz CT molecular complexity index is 1030. The summed E-state index contributed by atoms with van der Waals surface area (Å²) in [6, 6.07) is 12.8. The highest BCUT2D eigenvalue weighted by atomic mass is 35.5. The van der Waals surface area contributed by atoms with E-state index in [9.17, 15) is 13.2 Å². The lowest BCUT2D eigenvalue weighted by Crippen LogP contribution is -2.51. The summed E-state index contributed by atoms with van der Waals surface area (Å²) in [7, 11) is -4.04. The first-order valence-electron chi connectivity index (χ1n) is 8.17. The summed E-state index contributed by atoms with van der Waals surface area (Å²) >= 11 is 12.5. The van der Waals surface area contributed by atoms with Crippen LogP contribution in [-0.2, 0) is 20.5 Å². The molecule has 0 unspecified atom stereocenters. The number of rotatable bonds is 5. The van der Waals surface area contributed by atoms with Gasteiger partial charge >= 0.3 is 0 Å². The molecule has 0 bridgehead atoms. The minimum Gasteiger partial charge on any atom is -0.350 e. The van der Waals surface area contributed by atoms with Gasteiger partial charge in [-0.05, 0) is 26.0 Å². The lowest BCUT2D eigenvalue weighted by molar-refractivity contribution is -0.0195. The molecule has 0 amide bonds. The van der Waals surface area contributed by atoms with Gasteiger partial charge in [-0.2, -0.15) is 4.72 Å². The van der Waals surface area contributed by atoms with Gasteiger partial charge < -0.3 is 4.74 Å². The minimum absolute atomic E-state index is 0.0437. The Morgan fingerprint density at radius 3 is 2.33 bits per heavy atom. The van der Waals surface area contributed by atoms with Gasteiger partial charge in [0, 0.05) is 17.7 Å². The van der Waals surface area contributed by atoms with Crippen LogP contribution >= 0.6 is 23.2 Å². The fourth-order valence-electron chi connectivity index (χ4n) is 2.93. The van der Waals surface area contributed by atoms with Crippen LogP contribution in [0.5, 0.6) is 0 Å². The minimum atomic E-state index is -4.04. The number of Topliss-reactive ketones (excluding diaryl/α,β-unsaturated/α-hetero) is 1. The molecule has 142 valence electrons. The van der Waals surface area contributed by atoms with Crippen LogP contribution in [-0.4, -0.2) is 20.8 Å². The van der Waals surface area contributed by atoms with Crippen LogP contribution in [0.4, 0.5) is 0 Å². The molecule has 2 aromatic carbocycles. The number of hydrogen-bond donors (Lipinski definition) is 1. The van der Waals surface area contributed by atoms with E-state index in [1.165, 1.54) is 12.1 Å². The maximum Gasteiger partial charge on any atom is 0.243 e. The number of nitrogens with one attached hydrogen (secondary N) is 1. The molecule has 2 aromatic rings. The number of carbonyl (C=O) groups excluding carboxylic acids is 1. The highest BCUT2D eigenvalue weighted by molar-refractivity contribution is 7.89. The first-order chi connectivity index (χ1) is 12.7. The van der Waals surface area contributed by atoms with Crippen molar-refractivity contribution in [2.75, 3.05) is 6.61 Å². The van der Waals surface area contributed by atoms with Gasteiger partial charge in [0.1, 0.15) is 5.03 Å². The van der Waals surface area contributed by atoms with Crippen molar-refractivity contribution in [3.05, 3.63) is 75.3 Å². The molecule has 27 heavy (non-hydrogen) atoms. The SMILES string of the molecule is CCO[C@]1(NS(=O)(=O)c2ccc(C)cc2)C(Cl)=C(Cl)C(=O)c2ccccc21. The molecule has 0 aromatic heterocycles. The number of halogens is 2. The van der Waals surface area contributed by atoms with Crippen LogP contribution < -0.4 is 4.72 Å². The Morgan fingerprint density at radius 2 is 1.70 bits per heavy atom. The molecule has 1 atom stereocenters. The van der Waals surface area contributed by atoms with Gasteiger partial charge in [0.25, 0.3) is 0 Å². The Labute approximate surface area is 168 Å². The van der Waals surface area contributed by atoms with Crippen molar-refractivity contribution in [1.82, 2.24) is 4.72 Å². The maximum absolute atomic E-state index is 13.0. The zero-order chi connectivity index (χ0) is 19.8. The smallest absolute Gasteiger partial charge is 0.243 e. The van der Waals surface area contributed by atoms with Crippen molar-refractivity contribution in [2.24, 2.45) is 0 Å².